The number of rotatable bonds is 10. The van der Waals surface area contributed by atoms with Crippen molar-refractivity contribution >= 4 is 16.0 Å². The maximum Gasteiger partial charge on any atom is 0.307 e. The number of unbranched alkanes of at least 4 members (excludes halogenated alkanes) is 1. The van der Waals surface area contributed by atoms with Crippen molar-refractivity contribution in [2.45, 2.75) is 43.9 Å². The lowest BCUT2D eigenvalue weighted by Crippen LogP contribution is -2.29. The minimum atomic E-state index is -3.58. The highest BCUT2D eigenvalue weighted by Crippen LogP contribution is 2.28. The van der Waals surface area contributed by atoms with Gasteiger partial charge < -0.3 is 9.84 Å². The number of sulfonamides is 1. The van der Waals surface area contributed by atoms with E-state index in [9.17, 15) is 13.2 Å². The van der Waals surface area contributed by atoms with E-state index in [2.05, 4.69) is 11.6 Å². The molecule has 0 radical (unpaired) electrons. The predicted molar refractivity (Wildman–Crippen MR) is 111 cm³/mol. The zero-order valence-electron chi connectivity index (χ0n) is 16.6. The third kappa shape index (κ3) is 5.81. The molecule has 2 aromatic rings. The van der Waals surface area contributed by atoms with Crippen LogP contribution in [0.15, 0.2) is 47.4 Å². The Bertz CT molecular complexity index is 954. The van der Waals surface area contributed by atoms with Gasteiger partial charge >= 0.3 is 5.97 Å². The Morgan fingerprint density at radius 3 is 2.55 bits per heavy atom. The Hall–Kier alpha value is -2.38. The summed E-state index contributed by atoms with van der Waals surface area (Å²) >= 11 is 0. The maximum atomic E-state index is 12.6. The van der Waals surface area contributed by atoms with Crippen LogP contribution in [0.25, 0.3) is 0 Å². The van der Waals surface area contributed by atoms with Crippen molar-refractivity contribution in [1.29, 1.82) is 0 Å². The van der Waals surface area contributed by atoms with E-state index in [1.165, 1.54) is 0 Å². The molecule has 0 aromatic heterocycles. The van der Waals surface area contributed by atoms with Crippen LogP contribution in [0.3, 0.4) is 0 Å². The molecule has 29 heavy (non-hydrogen) atoms. The van der Waals surface area contributed by atoms with Crippen molar-refractivity contribution in [3.8, 4) is 5.75 Å². The van der Waals surface area contributed by atoms with Crippen molar-refractivity contribution in [3.05, 3.63) is 59.2 Å². The number of nitrogens with one attached hydrogen (secondary N) is 1. The molecule has 3 rings (SSSR count). The zero-order chi connectivity index (χ0) is 20.9. The molecule has 0 bridgehead atoms. The van der Waals surface area contributed by atoms with Gasteiger partial charge in [-0.3, -0.25) is 4.79 Å². The summed E-state index contributed by atoms with van der Waals surface area (Å²) in [6.07, 6.45) is 3.54. The Balaban J connectivity index is 1.55. The normalized spacial score (nSPS) is 15.8. The summed E-state index contributed by atoms with van der Waals surface area (Å²) in [5.41, 5.74) is 3.05. The summed E-state index contributed by atoms with van der Waals surface area (Å²) in [6, 6.07) is 12.2. The first-order valence-electron chi connectivity index (χ1n) is 9.92. The molecule has 156 valence electrons. The largest absolute Gasteiger partial charge is 0.494 e. The molecule has 0 aliphatic heterocycles. The van der Waals surface area contributed by atoms with Crippen LogP contribution >= 0.6 is 0 Å². The first-order chi connectivity index (χ1) is 13.9. The van der Waals surface area contributed by atoms with Gasteiger partial charge in [0.1, 0.15) is 5.75 Å². The second-order valence-electron chi connectivity index (χ2n) is 7.47. The number of fused-ring (bicyclic) bond motifs is 1. The molecule has 7 heteroatoms. The lowest BCUT2D eigenvalue weighted by molar-refractivity contribution is -0.136. The van der Waals surface area contributed by atoms with Crippen molar-refractivity contribution in [1.82, 2.24) is 4.72 Å². The molecular weight excluding hydrogens is 390 g/mol. The number of aliphatic carboxylic acids is 1. The van der Waals surface area contributed by atoms with Crippen molar-refractivity contribution < 1.29 is 23.1 Å². The fourth-order valence-electron chi connectivity index (χ4n) is 3.55. The van der Waals surface area contributed by atoms with Gasteiger partial charge in [0.05, 0.1) is 17.9 Å². The van der Waals surface area contributed by atoms with Crippen LogP contribution in [0.5, 0.6) is 5.75 Å². The molecular formula is C22H27NO5S. The van der Waals surface area contributed by atoms with Gasteiger partial charge in [-0.2, -0.15) is 0 Å². The van der Waals surface area contributed by atoms with Crippen LogP contribution in [0.1, 0.15) is 36.5 Å². The molecule has 0 heterocycles. The molecule has 1 unspecified atom stereocenters. The Morgan fingerprint density at radius 1 is 1.14 bits per heavy atom. The standard InChI is InChI=1S/C22H27NO5S/c1-2-3-10-28-20-6-8-21(9-7-20)29(26,27)23-15-17-12-18-5-4-16(14-22(24)25)11-19(18)13-17/h4-9,11,17,23H,2-3,10,12-15H2,1H3,(H,24,25). The number of benzene rings is 2. The quantitative estimate of drug-likeness (QED) is 0.579. The molecule has 0 saturated carbocycles. The minimum Gasteiger partial charge on any atom is -0.494 e. The van der Waals surface area contributed by atoms with E-state index in [0.717, 1.165) is 42.4 Å². The number of hydrogen-bond donors (Lipinski definition) is 2. The first-order valence-corrected chi connectivity index (χ1v) is 11.4. The third-order valence-electron chi connectivity index (χ3n) is 5.11. The smallest absolute Gasteiger partial charge is 0.307 e. The van der Waals surface area contributed by atoms with Gasteiger partial charge in [0.15, 0.2) is 0 Å². The van der Waals surface area contributed by atoms with Crippen LogP contribution in [0.2, 0.25) is 0 Å². The van der Waals surface area contributed by atoms with Crippen LogP contribution in [0, 0.1) is 5.92 Å². The summed E-state index contributed by atoms with van der Waals surface area (Å²) in [4.78, 5) is 11.1. The fourth-order valence-corrected chi connectivity index (χ4v) is 4.67. The third-order valence-corrected chi connectivity index (χ3v) is 6.55. The first kappa shape index (κ1) is 21.3. The van der Waals surface area contributed by atoms with E-state index in [-0.39, 0.29) is 17.2 Å². The summed E-state index contributed by atoms with van der Waals surface area (Å²) in [6.45, 7) is 3.06. The van der Waals surface area contributed by atoms with Crippen molar-refractivity contribution in [3.63, 3.8) is 0 Å². The molecule has 2 N–H and O–H groups in total. The van der Waals surface area contributed by atoms with Gasteiger partial charge in [0.25, 0.3) is 0 Å². The van der Waals surface area contributed by atoms with E-state index in [1.807, 2.05) is 18.2 Å². The summed E-state index contributed by atoms with van der Waals surface area (Å²) in [7, 11) is -3.58. The van der Waals surface area contributed by atoms with E-state index in [1.54, 1.807) is 24.3 Å². The van der Waals surface area contributed by atoms with Gasteiger partial charge in [0.2, 0.25) is 10.0 Å². The molecule has 1 atom stereocenters. The van der Waals surface area contributed by atoms with Crippen molar-refractivity contribution in [2.75, 3.05) is 13.2 Å². The molecule has 0 fully saturated rings. The summed E-state index contributed by atoms with van der Waals surface area (Å²) < 4.78 is 33.5. The van der Waals surface area contributed by atoms with Gasteiger partial charge in [0, 0.05) is 6.54 Å². The highest BCUT2D eigenvalue weighted by atomic mass is 32.2. The van der Waals surface area contributed by atoms with Crippen molar-refractivity contribution in [2.24, 2.45) is 5.92 Å². The Kier molecular flexibility index (Phi) is 6.92. The predicted octanol–water partition coefficient (Wildman–Crippen LogP) is 3.19. The van der Waals surface area contributed by atoms with Gasteiger partial charge in [-0.05, 0) is 66.1 Å². The van der Waals surface area contributed by atoms with Crippen LogP contribution < -0.4 is 9.46 Å². The Morgan fingerprint density at radius 2 is 1.86 bits per heavy atom. The molecule has 0 amide bonds. The second-order valence-corrected chi connectivity index (χ2v) is 9.24. The van der Waals surface area contributed by atoms with Crippen LogP contribution in [-0.2, 0) is 34.1 Å². The molecule has 0 saturated heterocycles. The Labute approximate surface area is 172 Å². The molecule has 6 nitrogen and oxygen atoms in total. The number of ether oxygens (including phenoxy) is 1. The van der Waals surface area contributed by atoms with E-state index in [4.69, 9.17) is 9.84 Å². The van der Waals surface area contributed by atoms with Crippen LogP contribution in [0.4, 0.5) is 0 Å². The summed E-state index contributed by atoms with van der Waals surface area (Å²) in [5, 5.41) is 8.94. The van der Waals surface area contributed by atoms with E-state index < -0.39 is 16.0 Å². The highest BCUT2D eigenvalue weighted by Gasteiger charge is 2.24. The highest BCUT2D eigenvalue weighted by molar-refractivity contribution is 7.89. The average molecular weight is 418 g/mol. The maximum absolute atomic E-state index is 12.6. The van der Waals surface area contributed by atoms with Gasteiger partial charge in [-0.15, -0.1) is 0 Å². The van der Waals surface area contributed by atoms with E-state index >= 15 is 0 Å². The minimum absolute atomic E-state index is 0.00271. The monoisotopic (exact) mass is 417 g/mol. The van der Waals surface area contributed by atoms with Gasteiger partial charge in [-0.25, -0.2) is 13.1 Å². The number of carbonyl (C=O) groups is 1. The van der Waals surface area contributed by atoms with E-state index in [0.29, 0.717) is 18.9 Å². The molecule has 2 aromatic carbocycles. The van der Waals surface area contributed by atoms with Gasteiger partial charge in [-0.1, -0.05) is 31.5 Å². The lowest BCUT2D eigenvalue weighted by atomic mass is 10.0. The topological polar surface area (TPSA) is 92.7 Å². The number of hydrogen-bond acceptors (Lipinski definition) is 4. The fraction of sp³-hybridized carbons (Fsp3) is 0.409. The second kappa shape index (κ2) is 9.41. The zero-order valence-corrected chi connectivity index (χ0v) is 17.4. The summed E-state index contributed by atoms with van der Waals surface area (Å²) in [5.74, 6) is -0.0219. The average Bonchev–Trinajstić information content (AvgIpc) is 3.09. The number of carboxylic acid groups (broad SMARTS) is 1. The van der Waals surface area contributed by atoms with Crippen LogP contribution in [-0.4, -0.2) is 32.6 Å². The lowest BCUT2D eigenvalue weighted by Gasteiger charge is -2.12. The molecule has 1 aliphatic carbocycles. The SMILES string of the molecule is CCCCOc1ccc(S(=O)(=O)NCC2Cc3ccc(CC(=O)O)cc3C2)cc1. The number of carboxylic acids is 1. The molecule has 1 aliphatic rings. The molecule has 0 spiro atoms.